The highest BCUT2D eigenvalue weighted by Gasteiger charge is 2.25. The molecule has 6 heteroatoms. The molecule has 2 rings (SSSR count). The van der Waals surface area contributed by atoms with Crippen LogP contribution in [0.1, 0.15) is 49.4 Å². The van der Waals surface area contributed by atoms with E-state index in [9.17, 15) is 9.59 Å². The number of amides is 2. The van der Waals surface area contributed by atoms with E-state index < -0.39 is 0 Å². The Morgan fingerprint density at radius 3 is 2.44 bits per heavy atom. The zero-order chi connectivity index (χ0) is 18.2. The third kappa shape index (κ3) is 5.11. The second-order valence-electron chi connectivity index (χ2n) is 6.31. The van der Waals surface area contributed by atoms with E-state index in [4.69, 9.17) is 9.47 Å². The van der Waals surface area contributed by atoms with Gasteiger partial charge in [-0.3, -0.25) is 9.59 Å². The Morgan fingerprint density at radius 1 is 1.16 bits per heavy atom. The highest BCUT2D eigenvalue weighted by atomic mass is 16.5. The predicted octanol–water partition coefficient (Wildman–Crippen LogP) is 2.61. The molecule has 1 heterocycles. The van der Waals surface area contributed by atoms with Gasteiger partial charge in [-0.25, -0.2) is 0 Å². The molecule has 0 aromatic heterocycles. The molecule has 1 N–H and O–H groups in total. The minimum Gasteiger partial charge on any atom is -0.493 e. The Hall–Kier alpha value is -2.24. The first kappa shape index (κ1) is 19.1. The molecule has 0 radical (unpaired) electrons. The highest BCUT2D eigenvalue weighted by Crippen LogP contribution is 2.28. The molecule has 6 nitrogen and oxygen atoms in total. The third-order valence-electron chi connectivity index (χ3n) is 4.54. The molecular formula is C19H28N2O4. The van der Waals surface area contributed by atoms with Crippen molar-refractivity contribution in [2.24, 2.45) is 0 Å². The van der Waals surface area contributed by atoms with E-state index in [1.165, 1.54) is 0 Å². The van der Waals surface area contributed by atoms with Gasteiger partial charge in [0, 0.05) is 31.1 Å². The summed E-state index contributed by atoms with van der Waals surface area (Å²) in [6.45, 7) is 3.36. The van der Waals surface area contributed by atoms with Crippen LogP contribution in [0.2, 0.25) is 0 Å². The molecule has 1 saturated heterocycles. The SMILES string of the molecule is CCCCC(=O)NC1CCN(C(=O)c2ccc(OC)c(OC)c2)CC1. The highest BCUT2D eigenvalue weighted by molar-refractivity contribution is 5.95. The number of nitrogens with one attached hydrogen (secondary N) is 1. The Labute approximate surface area is 149 Å². The molecule has 0 aliphatic carbocycles. The molecule has 0 unspecified atom stereocenters. The van der Waals surface area contributed by atoms with Gasteiger partial charge in [-0.2, -0.15) is 0 Å². The van der Waals surface area contributed by atoms with Crippen LogP contribution in [-0.2, 0) is 4.79 Å². The topological polar surface area (TPSA) is 67.9 Å². The molecule has 1 aromatic carbocycles. The normalized spacial score (nSPS) is 14.9. The zero-order valence-corrected chi connectivity index (χ0v) is 15.3. The van der Waals surface area contributed by atoms with Gasteiger partial charge in [0.15, 0.2) is 11.5 Å². The minimum absolute atomic E-state index is 0.0169. The van der Waals surface area contributed by atoms with Crippen molar-refractivity contribution >= 4 is 11.8 Å². The van der Waals surface area contributed by atoms with Crippen LogP contribution >= 0.6 is 0 Å². The van der Waals surface area contributed by atoms with Gasteiger partial charge in [0.1, 0.15) is 0 Å². The molecule has 0 bridgehead atoms. The second kappa shape index (κ2) is 9.30. The van der Waals surface area contributed by atoms with Gasteiger partial charge in [0.2, 0.25) is 5.91 Å². The summed E-state index contributed by atoms with van der Waals surface area (Å²) in [6, 6.07) is 5.37. The van der Waals surface area contributed by atoms with E-state index in [0.717, 1.165) is 25.7 Å². The number of unbranched alkanes of at least 4 members (excludes halogenated alkanes) is 1. The number of likely N-dealkylation sites (tertiary alicyclic amines) is 1. The van der Waals surface area contributed by atoms with Crippen LogP contribution in [0, 0.1) is 0 Å². The fourth-order valence-electron chi connectivity index (χ4n) is 3.02. The van der Waals surface area contributed by atoms with Gasteiger partial charge >= 0.3 is 0 Å². The number of piperidine rings is 1. The van der Waals surface area contributed by atoms with Crippen molar-refractivity contribution in [2.45, 2.75) is 45.1 Å². The number of hydrogen-bond acceptors (Lipinski definition) is 4. The molecule has 0 spiro atoms. The molecule has 1 aliphatic rings. The predicted molar refractivity (Wildman–Crippen MR) is 96.1 cm³/mol. The van der Waals surface area contributed by atoms with E-state index in [1.807, 2.05) is 4.90 Å². The van der Waals surface area contributed by atoms with Crippen molar-refractivity contribution in [1.82, 2.24) is 10.2 Å². The van der Waals surface area contributed by atoms with Crippen LogP contribution in [0.15, 0.2) is 18.2 Å². The number of ether oxygens (including phenoxy) is 2. The molecule has 0 saturated carbocycles. The van der Waals surface area contributed by atoms with Gasteiger partial charge in [-0.15, -0.1) is 0 Å². The molecule has 2 amide bonds. The third-order valence-corrected chi connectivity index (χ3v) is 4.54. The molecule has 1 aliphatic heterocycles. The van der Waals surface area contributed by atoms with Crippen molar-refractivity contribution in [1.29, 1.82) is 0 Å². The number of carbonyl (C=O) groups is 2. The lowest BCUT2D eigenvalue weighted by molar-refractivity contribution is -0.122. The van der Waals surface area contributed by atoms with Crippen LogP contribution in [0.25, 0.3) is 0 Å². The molecule has 1 aromatic rings. The van der Waals surface area contributed by atoms with Crippen LogP contribution < -0.4 is 14.8 Å². The Morgan fingerprint density at radius 2 is 1.84 bits per heavy atom. The summed E-state index contributed by atoms with van der Waals surface area (Å²) in [6.07, 6.45) is 4.10. The first-order valence-corrected chi connectivity index (χ1v) is 8.89. The van der Waals surface area contributed by atoms with Crippen LogP contribution in [0.5, 0.6) is 11.5 Å². The lowest BCUT2D eigenvalue weighted by Gasteiger charge is -2.32. The van der Waals surface area contributed by atoms with E-state index in [1.54, 1.807) is 32.4 Å². The smallest absolute Gasteiger partial charge is 0.253 e. The maximum absolute atomic E-state index is 12.7. The van der Waals surface area contributed by atoms with Crippen molar-refractivity contribution < 1.29 is 19.1 Å². The lowest BCUT2D eigenvalue weighted by Crippen LogP contribution is -2.46. The van der Waals surface area contributed by atoms with E-state index in [2.05, 4.69) is 12.2 Å². The van der Waals surface area contributed by atoms with E-state index in [-0.39, 0.29) is 17.9 Å². The fraction of sp³-hybridized carbons (Fsp3) is 0.579. The first-order chi connectivity index (χ1) is 12.1. The van der Waals surface area contributed by atoms with Crippen molar-refractivity contribution in [3.05, 3.63) is 23.8 Å². The van der Waals surface area contributed by atoms with E-state index >= 15 is 0 Å². The Balaban J connectivity index is 1.90. The quantitative estimate of drug-likeness (QED) is 0.822. The molecule has 138 valence electrons. The molecule has 0 atom stereocenters. The average molecular weight is 348 g/mol. The second-order valence-corrected chi connectivity index (χ2v) is 6.31. The van der Waals surface area contributed by atoms with Crippen LogP contribution in [-0.4, -0.2) is 50.1 Å². The van der Waals surface area contributed by atoms with Crippen LogP contribution in [0.3, 0.4) is 0 Å². The summed E-state index contributed by atoms with van der Waals surface area (Å²) >= 11 is 0. The van der Waals surface area contributed by atoms with E-state index in [0.29, 0.717) is 36.6 Å². The Bertz CT molecular complexity index is 595. The van der Waals surface area contributed by atoms with Crippen molar-refractivity contribution in [3.8, 4) is 11.5 Å². The van der Waals surface area contributed by atoms with Crippen LogP contribution in [0.4, 0.5) is 0 Å². The number of rotatable bonds is 7. The summed E-state index contributed by atoms with van der Waals surface area (Å²) in [5, 5.41) is 3.07. The van der Waals surface area contributed by atoms with Crippen molar-refractivity contribution in [2.75, 3.05) is 27.3 Å². The first-order valence-electron chi connectivity index (χ1n) is 8.89. The fourth-order valence-corrected chi connectivity index (χ4v) is 3.02. The number of nitrogens with zero attached hydrogens (tertiary/aromatic N) is 1. The molecule has 25 heavy (non-hydrogen) atoms. The average Bonchev–Trinajstić information content (AvgIpc) is 2.65. The largest absolute Gasteiger partial charge is 0.493 e. The van der Waals surface area contributed by atoms with Gasteiger partial charge in [0.05, 0.1) is 14.2 Å². The maximum Gasteiger partial charge on any atom is 0.253 e. The summed E-state index contributed by atoms with van der Waals surface area (Å²) in [5.41, 5.74) is 0.586. The molecule has 1 fully saturated rings. The summed E-state index contributed by atoms with van der Waals surface area (Å²) in [7, 11) is 3.12. The summed E-state index contributed by atoms with van der Waals surface area (Å²) < 4.78 is 10.5. The van der Waals surface area contributed by atoms with Gasteiger partial charge in [-0.05, 0) is 37.5 Å². The minimum atomic E-state index is -0.0169. The number of methoxy groups -OCH3 is 2. The van der Waals surface area contributed by atoms with Gasteiger partial charge in [0.25, 0.3) is 5.91 Å². The van der Waals surface area contributed by atoms with Crippen molar-refractivity contribution in [3.63, 3.8) is 0 Å². The zero-order valence-electron chi connectivity index (χ0n) is 15.3. The monoisotopic (exact) mass is 348 g/mol. The lowest BCUT2D eigenvalue weighted by atomic mass is 10.0. The van der Waals surface area contributed by atoms with Gasteiger partial charge < -0.3 is 19.7 Å². The Kier molecular flexibility index (Phi) is 7.10. The summed E-state index contributed by atoms with van der Waals surface area (Å²) in [5.74, 6) is 1.25. The standard InChI is InChI=1S/C19H28N2O4/c1-4-5-6-18(22)20-15-9-11-21(12-10-15)19(23)14-7-8-16(24-2)17(13-14)25-3/h7-8,13,15H,4-6,9-12H2,1-3H3,(H,20,22). The van der Waals surface area contributed by atoms with Gasteiger partial charge in [-0.1, -0.05) is 13.3 Å². The number of benzene rings is 1. The summed E-state index contributed by atoms with van der Waals surface area (Å²) in [4.78, 5) is 26.3. The number of hydrogen-bond donors (Lipinski definition) is 1. The maximum atomic E-state index is 12.7. The number of carbonyl (C=O) groups excluding carboxylic acids is 2. The molecular weight excluding hydrogens is 320 g/mol.